The van der Waals surface area contributed by atoms with Gasteiger partial charge in [-0.25, -0.2) is 4.98 Å². The molecule has 0 bridgehead atoms. The van der Waals surface area contributed by atoms with E-state index in [1.165, 1.54) is 17.5 Å². The van der Waals surface area contributed by atoms with Crippen LogP contribution in [0.25, 0.3) is 22.3 Å². The Morgan fingerprint density at radius 1 is 1.03 bits per heavy atom. The highest BCUT2D eigenvalue weighted by Crippen LogP contribution is 2.25. The van der Waals surface area contributed by atoms with Gasteiger partial charge in [0.2, 0.25) is 0 Å². The minimum absolute atomic E-state index is 0.0802. The molecule has 32 heavy (non-hydrogen) atoms. The zero-order chi connectivity index (χ0) is 22.1. The maximum absolute atomic E-state index is 12.6. The molecule has 1 heterocycles. The molecule has 160 valence electrons. The van der Waals surface area contributed by atoms with Crippen molar-refractivity contribution in [2.75, 3.05) is 11.9 Å². The third-order valence-electron chi connectivity index (χ3n) is 5.85. The van der Waals surface area contributed by atoms with Crippen LogP contribution >= 0.6 is 0 Å². The molecule has 0 saturated carbocycles. The number of carbonyl (C=O) groups is 1. The van der Waals surface area contributed by atoms with Gasteiger partial charge in [0.05, 0.1) is 10.9 Å². The summed E-state index contributed by atoms with van der Waals surface area (Å²) in [5.74, 6) is 0.948. The van der Waals surface area contributed by atoms with Crippen LogP contribution in [0, 0.1) is 0 Å². The van der Waals surface area contributed by atoms with E-state index in [1.807, 2.05) is 36.4 Å². The third kappa shape index (κ3) is 3.87. The van der Waals surface area contributed by atoms with Crippen molar-refractivity contribution in [1.29, 1.82) is 0 Å². The van der Waals surface area contributed by atoms with E-state index in [0.29, 0.717) is 22.5 Å². The lowest BCUT2D eigenvalue weighted by Gasteiger charge is -2.11. The van der Waals surface area contributed by atoms with Gasteiger partial charge in [-0.1, -0.05) is 18.2 Å². The molecule has 6 nitrogen and oxygen atoms in total. The van der Waals surface area contributed by atoms with E-state index in [-0.39, 0.29) is 18.1 Å². The summed E-state index contributed by atoms with van der Waals surface area (Å²) >= 11 is 0. The highest BCUT2D eigenvalue weighted by Gasteiger charge is 2.13. The monoisotopic (exact) mass is 425 g/mol. The Morgan fingerprint density at radius 3 is 2.66 bits per heavy atom. The average molecular weight is 425 g/mol. The van der Waals surface area contributed by atoms with E-state index in [1.54, 1.807) is 29.8 Å². The van der Waals surface area contributed by atoms with Crippen LogP contribution in [0.4, 0.5) is 5.69 Å². The fraction of sp³-hybridized carbons (Fsp3) is 0.192. The summed E-state index contributed by atoms with van der Waals surface area (Å²) < 4.78 is 7.19. The first-order valence-electron chi connectivity index (χ1n) is 10.7. The quantitative estimate of drug-likeness (QED) is 0.522. The fourth-order valence-electron chi connectivity index (χ4n) is 4.17. The minimum Gasteiger partial charge on any atom is -0.484 e. The molecular weight excluding hydrogens is 402 g/mol. The second-order valence-corrected chi connectivity index (χ2v) is 8.02. The number of nitrogens with one attached hydrogen (secondary N) is 1. The molecule has 0 radical (unpaired) electrons. The van der Waals surface area contributed by atoms with Crippen molar-refractivity contribution in [3.05, 3.63) is 88.2 Å². The number of amides is 1. The van der Waals surface area contributed by atoms with E-state index in [0.717, 1.165) is 24.1 Å². The van der Waals surface area contributed by atoms with Gasteiger partial charge >= 0.3 is 0 Å². The normalized spacial score (nSPS) is 12.5. The average Bonchev–Trinajstić information content (AvgIpc) is 3.28. The molecule has 3 aromatic carbocycles. The Morgan fingerprint density at radius 2 is 1.81 bits per heavy atom. The number of aromatic nitrogens is 2. The lowest BCUT2D eigenvalue weighted by Crippen LogP contribution is -2.20. The first-order valence-corrected chi connectivity index (χ1v) is 10.7. The zero-order valence-electron chi connectivity index (χ0n) is 17.8. The standard InChI is InChI=1S/C26H23N3O3/c1-29-25(28-23-8-3-2-7-22(23)26(29)31)18-10-13-21(14-11-18)32-16-24(30)27-20-12-9-17-5-4-6-19(17)15-20/h2-3,7-15H,4-6,16H2,1H3,(H,27,30). The highest BCUT2D eigenvalue weighted by atomic mass is 16.5. The van der Waals surface area contributed by atoms with Crippen molar-refractivity contribution < 1.29 is 9.53 Å². The molecule has 1 aromatic heterocycles. The Kier molecular flexibility index (Phi) is 5.19. The topological polar surface area (TPSA) is 73.2 Å². The predicted molar refractivity (Wildman–Crippen MR) is 125 cm³/mol. The molecule has 6 heteroatoms. The van der Waals surface area contributed by atoms with Gasteiger partial charge in [-0.2, -0.15) is 0 Å². The number of nitrogens with zero attached hydrogens (tertiary/aromatic N) is 2. The number of rotatable bonds is 5. The molecular formula is C26H23N3O3. The van der Waals surface area contributed by atoms with Gasteiger partial charge in [0, 0.05) is 18.3 Å². The molecule has 0 unspecified atom stereocenters. The van der Waals surface area contributed by atoms with Crippen LogP contribution in [0.5, 0.6) is 5.75 Å². The first-order chi connectivity index (χ1) is 15.6. The lowest BCUT2D eigenvalue weighted by molar-refractivity contribution is -0.118. The summed E-state index contributed by atoms with van der Waals surface area (Å²) in [4.78, 5) is 29.6. The van der Waals surface area contributed by atoms with Gasteiger partial charge < -0.3 is 10.1 Å². The van der Waals surface area contributed by atoms with Crippen molar-refractivity contribution in [2.45, 2.75) is 19.3 Å². The van der Waals surface area contributed by atoms with E-state index in [2.05, 4.69) is 22.4 Å². The Bertz CT molecular complexity index is 1370. The Balaban J connectivity index is 1.26. The van der Waals surface area contributed by atoms with Crippen LogP contribution in [0.2, 0.25) is 0 Å². The minimum atomic E-state index is -0.203. The molecule has 1 amide bonds. The largest absolute Gasteiger partial charge is 0.484 e. The molecule has 0 atom stereocenters. The van der Waals surface area contributed by atoms with Crippen molar-refractivity contribution in [2.24, 2.45) is 7.05 Å². The first kappa shape index (κ1) is 20.0. The van der Waals surface area contributed by atoms with Gasteiger partial charge in [-0.05, 0) is 78.9 Å². The van der Waals surface area contributed by atoms with E-state index in [9.17, 15) is 9.59 Å². The molecule has 1 aliphatic rings. The number of anilines is 1. The van der Waals surface area contributed by atoms with Crippen LogP contribution in [0.15, 0.2) is 71.5 Å². The highest BCUT2D eigenvalue weighted by molar-refractivity contribution is 5.92. The number of para-hydroxylation sites is 1. The van der Waals surface area contributed by atoms with Crippen LogP contribution in [-0.4, -0.2) is 22.1 Å². The van der Waals surface area contributed by atoms with Crippen LogP contribution in [0.1, 0.15) is 17.5 Å². The maximum Gasteiger partial charge on any atom is 0.262 e. The second kappa shape index (κ2) is 8.30. The number of benzene rings is 3. The van der Waals surface area contributed by atoms with E-state index in [4.69, 9.17) is 4.74 Å². The number of fused-ring (bicyclic) bond motifs is 2. The summed E-state index contributed by atoms with van der Waals surface area (Å²) in [6.45, 7) is -0.0802. The maximum atomic E-state index is 12.6. The van der Waals surface area contributed by atoms with Gasteiger partial charge in [-0.3, -0.25) is 14.2 Å². The number of carbonyl (C=O) groups excluding carboxylic acids is 1. The summed E-state index contributed by atoms with van der Waals surface area (Å²) in [7, 11) is 1.71. The smallest absolute Gasteiger partial charge is 0.262 e. The SMILES string of the molecule is Cn1c(-c2ccc(OCC(=O)Nc3ccc4c(c3)CCC4)cc2)nc2ccccc2c1=O. The molecule has 5 rings (SSSR count). The van der Waals surface area contributed by atoms with Crippen molar-refractivity contribution in [1.82, 2.24) is 9.55 Å². The van der Waals surface area contributed by atoms with Crippen molar-refractivity contribution in [3.8, 4) is 17.1 Å². The molecule has 0 aliphatic heterocycles. The number of hydrogen-bond acceptors (Lipinski definition) is 4. The van der Waals surface area contributed by atoms with Crippen molar-refractivity contribution >= 4 is 22.5 Å². The Hall–Kier alpha value is -3.93. The number of aryl methyl sites for hydroxylation is 2. The molecule has 4 aromatic rings. The molecule has 1 aliphatic carbocycles. The van der Waals surface area contributed by atoms with Crippen molar-refractivity contribution in [3.63, 3.8) is 0 Å². The van der Waals surface area contributed by atoms with E-state index < -0.39 is 0 Å². The predicted octanol–water partition coefficient (Wildman–Crippen LogP) is 4.11. The van der Waals surface area contributed by atoms with Gasteiger partial charge in [0.15, 0.2) is 6.61 Å². The van der Waals surface area contributed by atoms with E-state index >= 15 is 0 Å². The summed E-state index contributed by atoms with van der Waals surface area (Å²) in [6, 6.07) is 20.6. The lowest BCUT2D eigenvalue weighted by atomic mass is 10.1. The fourth-order valence-corrected chi connectivity index (χ4v) is 4.17. The summed E-state index contributed by atoms with van der Waals surface area (Å²) in [6.07, 6.45) is 3.36. The summed E-state index contributed by atoms with van der Waals surface area (Å²) in [5, 5.41) is 3.49. The van der Waals surface area contributed by atoms with Gasteiger partial charge in [0.1, 0.15) is 11.6 Å². The number of hydrogen-bond donors (Lipinski definition) is 1. The molecule has 0 saturated heterocycles. The van der Waals surface area contributed by atoms with Gasteiger partial charge in [-0.15, -0.1) is 0 Å². The molecule has 0 fully saturated rings. The third-order valence-corrected chi connectivity index (χ3v) is 5.85. The zero-order valence-corrected chi connectivity index (χ0v) is 17.8. The summed E-state index contributed by atoms with van der Waals surface area (Å²) in [5.41, 5.74) is 4.86. The molecule has 0 spiro atoms. The van der Waals surface area contributed by atoms with Crippen LogP contribution < -0.4 is 15.6 Å². The molecule has 1 N–H and O–H groups in total. The van der Waals surface area contributed by atoms with Crippen LogP contribution in [0.3, 0.4) is 0 Å². The second-order valence-electron chi connectivity index (χ2n) is 8.02. The number of ether oxygens (including phenoxy) is 1. The Labute approximate surface area is 185 Å². The van der Waals surface area contributed by atoms with Gasteiger partial charge in [0.25, 0.3) is 11.5 Å². The van der Waals surface area contributed by atoms with Crippen LogP contribution in [-0.2, 0) is 24.7 Å².